The SMILES string of the molecule is N#Cc1ccc(N2C(=O)[C@H]3CC=CC[C@H]3C2=O)c(Cl)c1. The van der Waals surface area contributed by atoms with Crippen LogP contribution in [0, 0.1) is 23.2 Å². The first-order valence-electron chi connectivity index (χ1n) is 6.36. The van der Waals surface area contributed by atoms with Crippen molar-refractivity contribution < 1.29 is 9.59 Å². The molecule has 20 heavy (non-hydrogen) atoms. The lowest BCUT2D eigenvalue weighted by atomic mass is 9.85. The number of nitriles is 1. The number of imide groups is 1. The van der Waals surface area contributed by atoms with E-state index in [1.807, 2.05) is 18.2 Å². The predicted octanol–water partition coefficient (Wildman–Crippen LogP) is 2.67. The Morgan fingerprint density at radius 1 is 1.15 bits per heavy atom. The summed E-state index contributed by atoms with van der Waals surface area (Å²) in [4.78, 5) is 26.0. The molecule has 1 aliphatic heterocycles. The molecule has 4 nitrogen and oxygen atoms in total. The Labute approximate surface area is 121 Å². The van der Waals surface area contributed by atoms with Crippen LogP contribution in [0.25, 0.3) is 0 Å². The molecule has 2 aliphatic rings. The van der Waals surface area contributed by atoms with Crippen LogP contribution >= 0.6 is 11.6 Å². The zero-order valence-corrected chi connectivity index (χ0v) is 11.3. The third kappa shape index (κ3) is 1.83. The van der Waals surface area contributed by atoms with Crippen molar-refractivity contribution in [3.63, 3.8) is 0 Å². The maximum Gasteiger partial charge on any atom is 0.238 e. The van der Waals surface area contributed by atoms with E-state index in [1.54, 1.807) is 12.1 Å². The summed E-state index contributed by atoms with van der Waals surface area (Å²) in [6.07, 6.45) is 5.08. The fourth-order valence-corrected chi connectivity index (χ4v) is 3.06. The molecule has 100 valence electrons. The molecule has 0 spiro atoms. The Bertz CT molecular complexity index is 649. The Kier molecular flexibility index (Phi) is 3.07. The van der Waals surface area contributed by atoms with Crippen LogP contribution in [0.15, 0.2) is 30.4 Å². The lowest BCUT2D eigenvalue weighted by Crippen LogP contribution is -2.31. The van der Waals surface area contributed by atoms with E-state index in [2.05, 4.69) is 0 Å². The highest BCUT2D eigenvalue weighted by molar-refractivity contribution is 6.36. The summed E-state index contributed by atoms with van der Waals surface area (Å²) in [6, 6.07) is 6.56. The number of amides is 2. The molecule has 2 amide bonds. The van der Waals surface area contributed by atoms with Gasteiger partial charge in [0.15, 0.2) is 0 Å². The number of carbonyl (C=O) groups excluding carboxylic acids is 2. The number of benzene rings is 1. The first-order valence-corrected chi connectivity index (χ1v) is 6.73. The number of fused-ring (bicyclic) bond motifs is 1. The van der Waals surface area contributed by atoms with E-state index in [-0.39, 0.29) is 28.7 Å². The largest absolute Gasteiger partial charge is 0.274 e. The summed E-state index contributed by atoms with van der Waals surface area (Å²) in [5, 5.41) is 9.07. The highest BCUT2D eigenvalue weighted by atomic mass is 35.5. The van der Waals surface area contributed by atoms with Gasteiger partial charge < -0.3 is 0 Å². The second kappa shape index (κ2) is 4.77. The summed E-state index contributed by atoms with van der Waals surface area (Å²) >= 11 is 6.10. The van der Waals surface area contributed by atoms with E-state index < -0.39 is 0 Å². The molecule has 2 atom stereocenters. The van der Waals surface area contributed by atoms with Crippen LogP contribution in [0.2, 0.25) is 5.02 Å². The van der Waals surface area contributed by atoms with Gasteiger partial charge in [-0.2, -0.15) is 5.26 Å². The topological polar surface area (TPSA) is 61.2 Å². The first kappa shape index (κ1) is 12.9. The monoisotopic (exact) mass is 286 g/mol. The number of allylic oxidation sites excluding steroid dienone is 2. The standard InChI is InChI=1S/C15H11ClN2O2/c16-12-7-9(8-17)5-6-13(12)18-14(19)10-3-1-2-4-11(10)15(18)20/h1-2,5-7,10-11H,3-4H2/t10-,11+. The van der Waals surface area contributed by atoms with E-state index in [9.17, 15) is 9.59 Å². The summed E-state index contributed by atoms with van der Waals surface area (Å²) in [5.74, 6) is -0.953. The molecule has 1 heterocycles. The molecule has 0 saturated carbocycles. The lowest BCUT2D eigenvalue weighted by molar-refractivity contribution is -0.122. The second-order valence-corrected chi connectivity index (χ2v) is 5.35. The van der Waals surface area contributed by atoms with Crippen molar-refractivity contribution in [1.82, 2.24) is 0 Å². The van der Waals surface area contributed by atoms with Gasteiger partial charge in [-0.3, -0.25) is 9.59 Å². The third-order valence-electron chi connectivity index (χ3n) is 3.83. The maximum atomic E-state index is 12.4. The van der Waals surface area contributed by atoms with Crippen LogP contribution in [0.4, 0.5) is 5.69 Å². The van der Waals surface area contributed by atoms with Crippen molar-refractivity contribution in [2.24, 2.45) is 11.8 Å². The summed E-state index contributed by atoms with van der Waals surface area (Å²) in [6.45, 7) is 0. The van der Waals surface area contributed by atoms with E-state index in [0.29, 0.717) is 24.1 Å². The number of hydrogen-bond acceptors (Lipinski definition) is 3. The molecule has 0 N–H and O–H groups in total. The fourth-order valence-electron chi connectivity index (χ4n) is 2.80. The number of nitrogens with zero attached hydrogens (tertiary/aromatic N) is 2. The van der Waals surface area contributed by atoms with E-state index in [1.165, 1.54) is 11.0 Å². The van der Waals surface area contributed by atoms with Gasteiger partial charge in [0.25, 0.3) is 0 Å². The van der Waals surface area contributed by atoms with Gasteiger partial charge in [-0.05, 0) is 31.0 Å². The number of carbonyl (C=O) groups is 2. The van der Waals surface area contributed by atoms with Crippen LogP contribution in [-0.4, -0.2) is 11.8 Å². The van der Waals surface area contributed by atoms with Crippen molar-refractivity contribution in [1.29, 1.82) is 5.26 Å². The number of hydrogen-bond donors (Lipinski definition) is 0. The van der Waals surface area contributed by atoms with Crippen LogP contribution in [0.5, 0.6) is 0 Å². The number of anilines is 1. The Balaban J connectivity index is 2.01. The van der Waals surface area contributed by atoms with Crippen molar-refractivity contribution in [2.45, 2.75) is 12.8 Å². The Morgan fingerprint density at radius 3 is 2.25 bits per heavy atom. The normalized spacial score (nSPS) is 24.7. The minimum Gasteiger partial charge on any atom is -0.274 e. The summed E-state index contributed by atoms with van der Waals surface area (Å²) in [7, 11) is 0. The second-order valence-electron chi connectivity index (χ2n) is 4.95. The van der Waals surface area contributed by atoms with Crippen molar-refractivity contribution in [3.05, 3.63) is 40.9 Å². The Morgan fingerprint density at radius 2 is 1.75 bits per heavy atom. The number of rotatable bonds is 1. The zero-order valence-electron chi connectivity index (χ0n) is 10.5. The smallest absolute Gasteiger partial charge is 0.238 e. The van der Waals surface area contributed by atoms with E-state index in [0.717, 1.165) is 0 Å². The van der Waals surface area contributed by atoms with Gasteiger partial charge in [-0.25, -0.2) is 4.90 Å². The molecule has 0 unspecified atom stereocenters. The molecule has 1 aromatic rings. The van der Waals surface area contributed by atoms with Gasteiger partial charge in [0.2, 0.25) is 11.8 Å². The zero-order chi connectivity index (χ0) is 14.3. The average Bonchev–Trinajstić information content (AvgIpc) is 2.72. The maximum absolute atomic E-state index is 12.4. The van der Waals surface area contributed by atoms with Crippen LogP contribution in [0.1, 0.15) is 18.4 Å². The average molecular weight is 287 g/mol. The fraction of sp³-hybridized carbons (Fsp3) is 0.267. The minimum absolute atomic E-state index is 0.198. The van der Waals surface area contributed by atoms with E-state index >= 15 is 0 Å². The molecular weight excluding hydrogens is 276 g/mol. The quantitative estimate of drug-likeness (QED) is 0.589. The summed E-state index contributed by atoms with van der Waals surface area (Å²) < 4.78 is 0. The van der Waals surface area contributed by atoms with Crippen LogP contribution in [0.3, 0.4) is 0 Å². The van der Waals surface area contributed by atoms with Crippen LogP contribution < -0.4 is 4.90 Å². The third-order valence-corrected chi connectivity index (χ3v) is 4.13. The minimum atomic E-state index is -0.279. The molecule has 1 fully saturated rings. The molecule has 0 radical (unpaired) electrons. The van der Waals surface area contributed by atoms with Gasteiger partial charge in [-0.15, -0.1) is 0 Å². The molecule has 1 saturated heterocycles. The molecule has 1 aliphatic carbocycles. The highest BCUT2D eigenvalue weighted by Crippen LogP contribution is 2.39. The lowest BCUT2D eigenvalue weighted by Gasteiger charge is -2.16. The van der Waals surface area contributed by atoms with Crippen molar-refractivity contribution in [2.75, 3.05) is 4.90 Å². The highest BCUT2D eigenvalue weighted by Gasteiger charge is 2.48. The number of halogens is 1. The van der Waals surface area contributed by atoms with Crippen molar-refractivity contribution in [3.8, 4) is 6.07 Å². The van der Waals surface area contributed by atoms with Gasteiger partial charge in [0, 0.05) is 0 Å². The van der Waals surface area contributed by atoms with Crippen LogP contribution in [-0.2, 0) is 9.59 Å². The molecule has 0 aromatic heterocycles. The van der Waals surface area contributed by atoms with Gasteiger partial charge in [-0.1, -0.05) is 23.8 Å². The molecule has 1 aromatic carbocycles. The van der Waals surface area contributed by atoms with Crippen molar-refractivity contribution >= 4 is 29.1 Å². The Hall–Kier alpha value is -2.12. The van der Waals surface area contributed by atoms with Gasteiger partial charge >= 0.3 is 0 Å². The summed E-state index contributed by atoms with van der Waals surface area (Å²) in [5.41, 5.74) is 0.770. The van der Waals surface area contributed by atoms with Gasteiger partial charge in [0.1, 0.15) is 0 Å². The molecule has 3 rings (SSSR count). The molecule has 5 heteroatoms. The van der Waals surface area contributed by atoms with Gasteiger partial charge in [0.05, 0.1) is 34.2 Å². The molecule has 0 bridgehead atoms. The first-order chi connectivity index (χ1) is 9.63. The predicted molar refractivity (Wildman–Crippen MR) is 74.0 cm³/mol. The van der Waals surface area contributed by atoms with E-state index in [4.69, 9.17) is 16.9 Å². The molecular formula is C15H11ClN2O2.